The lowest BCUT2D eigenvalue weighted by Crippen LogP contribution is -2.13. The third kappa shape index (κ3) is 5.03. The van der Waals surface area contributed by atoms with Gasteiger partial charge < -0.3 is 10.2 Å². The maximum absolute atomic E-state index is 5.01. The fourth-order valence-corrected chi connectivity index (χ4v) is 1.23. The molecule has 1 rings (SSSR count). The van der Waals surface area contributed by atoms with E-state index in [4.69, 9.17) is 12.2 Å². The van der Waals surface area contributed by atoms with E-state index in [9.17, 15) is 0 Å². The average Bonchev–Trinajstić information content (AvgIpc) is 2.19. The highest BCUT2D eigenvalue weighted by atomic mass is 127. The topological polar surface area (TPSA) is 40.5 Å². The van der Waals surface area contributed by atoms with Gasteiger partial charge in [-0.25, -0.2) is 9.98 Å². The normalized spacial score (nSPS) is 10.3. The minimum atomic E-state index is 0.400. The minimum absolute atomic E-state index is 0.400. The van der Waals surface area contributed by atoms with Crippen LogP contribution in [0, 0.1) is 3.57 Å². The number of pyridine rings is 1. The fourth-order valence-electron chi connectivity index (χ4n) is 0.760. The number of hydrogen-bond acceptors (Lipinski definition) is 2. The number of nitrogens with one attached hydrogen (secondary N) is 1. The first-order valence-corrected chi connectivity index (χ1v) is 5.70. The van der Waals surface area contributed by atoms with E-state index in [1.807, 2.05) is 31.1 Å². The molecule has 0 atom stereocenters. The molecule has 0 radical (unpaired) electrons. The lowest BCUT2D eigenvalue weighted by molar-refractivity contribution is 0.644. The van der Waals surface area contributed by atoms with Crippen LogP contribution < -0.4 is 5.32 Å². The second-order valence-electron chi connectivity index (χ2n) is 3.00. The van der Waals surface area contributed by atoms with Gasteiger partial charge in [0.1, 0.15) is 5.82 Å². The highest BCUT2D eigenvalue weighted by Gasteiger charge is 1.96. The SMILES string of the molecule is CN(C)C=NC(=S)Nc1ccc(I)cn1. The molecule has 0 aromatic carbocycles. The average molecular weight is 334 g/mol. The number of nitrogens with zero attached hydrogens (tertiary/aromatic N) is 3. The Labute approximate surface area is 108 Å². The molecule has 0 aliphatic heterocycles. The summed E-state index contributed by atoms with van der Waals surface area (Å²) in [5.74, 6) is 0.705. The van der Waals surface area contributed by atoms with Crippen molar-refractivity contribution in [2.24, 2.45) is 4.99 Å². The van der Waals surface area contributed by atoms with Crippen LogP contribution in [0.1, 0.15) is 0 Å². The molecule has 1 aromatic rings. The fraction of sp³-hybridized carbons (Fsp3) is 0.222. The number of halogens is 1. The number of rotatable bonds is 2. The van der Waals surface area contributed by atoms with Crippen LogP contribution in [0.15, 0.2) is 23.3 Å². The molecular formula is C9H11IN4S. The Bertz CT molecular complexity index is 361. The number of thiocarbonyl (C=S) groups is 1. The molecular weight excluding hydrogens is 323 g/mol. The molecule has 0 spiro atoms. The molecule has 0 bridgehead atoms. The van der Waals surface area contributed by atoms with Crippen molar-refractivity contribution in [3.8, 4) is 0 Å². The van der Waals surface area contributed by atoms with Crippen LogP contribution in [0.2, 0.25) is 0 Å². The Morgan fingerprint density at radius 2 is 2.33 bits per heavy atom. The van der Waals surface area contributed by atoms with E-state index in [0.29, 0.717) is 10.9 Å². The van der Waals surface area contributed by atoms with Crippen LogP contribution in [-0.4, -0.2) is 35.4 Å². The van der Waals surface area contributed by atoms with Crippen molar-refractivity contribution in [2.75, 3.05) is 19.4 Å². The van der Waals surface area contributed by atoms with E-state index < -0.39 is 0 Å². The van der Waals surface area contributed by atoms with Crippen molar-refractivity contribution in [3.05, 3.63) is 21.9 Å². The van der Waals surface area contributed by atoms with Gasteiger partial charge in [-0.15, -0.1) is 0 Å². The summed E-state index contributed by atoms with van der Waals surface area (Å²) in [5.41, 5.74) is 0. The van der Waals surface area contributed by atoms with Crippen LogP contribution in [0.4, 0.5) is 5.82 Å². The number of anilines is 1. The Kier molecular flexibility index (Phi) is 4.89. The van der Waals surface area contributed by atoms with E-state index in [1.54, 1.807) is 12.5 Å². The zero-order valence-corrected chi connectivity index (χ0v) is 11.4. The predicted octanol–water partition coefficient (Wildman–Crippen LogP) is 1.97. The third-order valence-corrected chi connectivity index (χ3v) is 2.21. The molecule has 0 fully saturated rings. The summed E-state index contributed by atoms with van der Waals surface area (Å²) in [7, 11) is 3.77. The molecule has 80 valence electrons. The van der Waals surface area contributed by atoms with Gasteiger partial charge >= 0.3 is 0 Å². The first-order valence-electron chi connectivity index (χ1n) is 4.21. The summed E-state index contributed by atoms with van der Waals surface area (Å²) < 4.78 is 1.08. The van der Waals surface area contributed by atoms with Gasteiger partial charge in [-0.05, 0) is 46.9 Å². The second-order valence-corrected chi connectivity index (χ2v) is 4.63. The van der Waals surface area contributed by atoms with Crippen LogP contribution in [-0.2, 0) is 0 Å². The first kappa shape index (κ1) is 12.3. The van der Waals surface area contributed by atoms with Crippen molar-refractivity contribution in [3.63, 3.8) is 0 Å². The van der Waals surface area contributed by atoms with Crippen molar-refractivity contribution in [1.82, 2.24) is 9.88 Å². The van der Waals surface area contributed by atoms with E-state index in [2.05, 4.69) is 37.9 Å². The van der Waals surface area contributed by atoms with E-state index >= 15 is 0 Å². The largest absolute Gasteiger partial charge is 0.369 e. The van der Waals surface area contributed by atoms with Crippen LogP contribution >= 0.6 is 34.8 Å². The number of hydrogen-bond donors (Lipinski definition) is 1. The Morgan fingerprint density at radius 3 is 2.87 bits per heavy atom. The van der Waals surface area contributed by atoms with Crippen molar-refractivity contribution in [2.45, 2.75) is 0 Å². The van der Waals surface area contributed by atoms with Gasteiger partial charge in [0.05, 0.1) is 6.34 Å². The number of aliphatic imine (C=N–C) groups is 1. The van der Waals surface area contributed by atoms with Crippen LogP contribution in [0.3, 0.4) is 0 Å². The van der Waals surface area contributed by atoms with Gasteiger partial charge in [0.2, 0.25) is 0 Å². The van der Waals surface area contributed by atoms with Crippen molar-refractivity contribution >= 4 is 52.1 Å². The van der Waals surface area contributed by atoms with Crippen LogP contribution in [0.5, 0.6) is 0 Å². The summed E-state index contributed by atoms with van der Waals surface area (Å²) in [6, 6.07) is 3.81. The van der Waals surface area contributed by atoms with E-state index in [-0.39, 0.29) is 0 Å². The number of aromatic nitrogens is 1. The van der Waals surface area contributed by atoms with Gasteiger partial charge in [-0.1, -0.05) is 0 Å². The maximum atomic E-state index is 5.01. The molecule has 0 amide bonds. The lowest BCUT2D eigenvalue weighted by atomic mass is 10.5. The summed E-state index contributed by atoms with van der Waals surface area (Å²) in [5, 5.41) is 3.32. The van der Waals surface area contributed by atoms with Gasteiger partial charge in [0.25, 0.3) is 0 Å². The van der Waals surface area contributed by atoms with Crippen molar-refractivity contribution < 1.29 is 0 Å². The molecule has 0 aliphatic carbocycles. The second kappa shape index (κ2) is 5.96. The predicted molar refractivity (Wildman–Crippen MR) is 75.4 cm³/mol. The zero-order chi connectivity index (χ0) is 11.3. The van der Waals surface area contributed by atoms with Gasteiger partial charge in [-0.3, -0.25) is 0 Å². The molecule has 0 saturated carbocycles. The third-order valence-electron chi connectivity index (χ3n) is 1.37. The summed E-state index contributed by atoms with van der Waals surface area (Å²) in [6.45, 7) is 0. The minimum Gasteiger partial charge on any atom is -0.369 e. The lowest BCUT2D eigenvalue weighted by Gasteiger charge is -2.05. The summed E-state index contributed by atoms with van der Waals surface area (Å²) in [4.78, 5) is 9.99. The van der Waals surface area contributed by atoms with Gasteiger partial charge in [0.15, 0.2) is 5.11 Å². The molecule has 0 aliphatic rings. The molecule has 1 N–H and O–H groups in total. The molecule has 6 heteroatoms. The standard InChI is InChI=1S/C9H11IN4S/c1-14(2)6-12-9(15)13-8-4-3-7(10)5-11-8/h3-6H,1-2H3,(H,11,13,15). The molecule has 4 nitrogen and oxygen atoms in total. The van der Waals surface area contributed by atoms with Gasteiger partial charge in [-0.2, -0.15) is 0 Å². The highest BCUT2D eigenvalue weighted by molar-refractivity contribution is 14.1. The monoisotopic (exact) mass is 334 g/mol. The molecule has 15 heavy (non-hydrogen) atoms. The zero-order valence-electron chi connectivity index (χ0n) is 8.44. The molecule has 0 saturated heterocycles. The maximum Gasteiger partial charge on any atom is 0.199 e. The smallest absolute Gasteiger partial charge is 0.199 e. The molecule has 0 unspecified atom stereocenters. The Morgan fingerprint density at radius 1 is 1.60 bits per heavy atom. The van der Waals surface area contributed by atoms with Gasteiger partial charge in [0, 0.05) is 23.9 Å². The van der Waals surface area contributed by atoms with E-state index in [0.717, 1.165) is 3.57 Å². The summed E-state index contributed by atoms with van der Waals surface area (Å²) >= 11 is 7.21. The van der Waals surface area contributed by atoms with Crippen LogP contribution in [0.25, 0.3) is 0 Å². The quantitative estimate of drug-likeness (QED) is 0.389. The van der Waals surface area contributed by atoms with Crippen molar-refractivity contribution in [1.29, 1.82) is 0 Å². The van der Waals surface area contributed by atoms with E-state index in [1.165, 1.54) is 0 Å². The molecule has 1 heterocycles. The highest BCUT2D eigenvalue weighted by Crippen LogP contribution is 2.07. The summed E-state index contributed by atoms with van der Waals surface area (Å²) in [6.07, 6.45) is 3.41. The Balaban J connectivity index is 2.55. The Hall–Kier alpha value is -0.760. The first-order chi connectivity index (χ1) is 7.08. The molecule has 1 aromatic heterocycles.